The van der Waals surface area contributed by atoms with E-state index in [2.05, 4.69) is 10.6 Å². The summed E-state index contributed by atoms with van der Waals surface area (Å²) in [6.07, 6.45) is 1.15. The highest BCUT2D eigenvalue weighted by Crippen LogP contribution is 2.06. The van der Waals surface area contributed by atoms with E-state index in [1.165, 1.54) is 0 Å². The summed E-state index contributed by atoms with van der Waals surface area (Å²) in [5, 5.41) is 25.8. The number of aliphatic hydroxyl groups excluding tert-OH is 2. The van der Waals surface area contributed by atoms with E-state index in [0.717, 1.165) is 18.4 Å². The van der Waals surface area contributed by atoms with Crippen molar-refractivity contribution >= 4 is 0 Å². The van der Waals surface area contributed by atoms with Crippen LogP contribution in [0.25, 0.3) is 0 Å². The Labute approximate surface area is 121 Å². The number of rotatable bonds is 10. The molecule has 6 N–H and O–H groups in total. The molecule has 0 fully saturated rings. The number of hydrogen-bond donors (Lipinski definition) is 5. The first kappa shape index (κ1) is 17.1. The first-order valence-electron chi connectivity index (χ1n) is 7.23. The van der Waals surface area contributed by atoms with Gasteiger partial charge >= 0.3 is 0 Å². The molecule has 0 amide bonds. The van der Waals surface area contributed by atoms with E-state index in [4.69, 9.17) is 5.73 Å². The van der Waals surface area contributed by atoms with Crippen molar-refractivity contribution in [2.75, 3.05) is 13.1 Å². The lowest BCUT2D eigenvalue weighted by Crippen LogP contribution is -2.52. The maximum Gasteiger partial charge on any atom is 0.120 e. The molecule has 2 unspecified atom stereocenters. The lowest BCUT2D eigenvalue weighted by molar-refractivity contribution is 0.0541. The van der Waals surface area contributed by atoms with Crippen LogP contribution in [-0.2, 0) is 6.42 Å². The first-order valence-corrected chi connectivity index (χ1v) is 7.23. The lowest BCUT2D eigenvalue weighted by Gasteiger charge is -2.26. The van der Waals surface area contributed by atoms with Gasteiger partial charge in [0.15, 0.2) is 0 Å². The predicted molar refractivity (Wildman–Crippen MR) is 81.0 cm³/mol. The normalized spacial score (nSPS) is 15.8. The monoisotopic (exact) mass is 281 g/mol. The van der Waals surface area contributed by atoms with Crippen LogP contribution in [0.5, 0.6) is 0 Å². The molecule has 20 heavy (non-hydrogen) atoms. The van der Waals surface area contributed by atoms with Crippen molar-refractivity contribution in [3.05, 3.63) is 35.9 Å². The number of nitrogens with one attached hydrogen (secondary N) is 2. The number of nitrogens with two attached hydrogens (primary N) is 1. The van der Waals surface area contributed by atoms with Gasteiger partial charge in [0.1, 0.15) is 12.5 Å². The first-order chi connectivity index (χ1) is 9.63. The Bertz CT molecular complexity index is 346. The summed E-state index contributed by atoms with van der Waals surface area (Å²) in [7, 11) is 0. The molecule has 0 saturated carbocycles. The van der Waals surface area contributed by atoms with E-state index in [0.29, 0.717) is 19.5 Å². The Hall–Kier alpha value is -0.980. The molecule has 0 bridgehead atoms. The van der Waals surface area contributed by atoms with Gasteiger partial charge in [-0.25, -0.2) is 0 Å². The second-order valence-corrected chi connectivity index (χ2v) is 5.03. The van der Waals surface area contributed by atoms with Gasteiger partial charge in [-0.05, 0) is 44.8 Å². The van der Waals surface area contributed by atoms with E-state index < -0.39 is 12.5 Å². The number of hydrogen-bond acceptors (Lipinski definition) is 5. The van der Waals surface area contributed by atoms with Crippen LogP contribution in [0.1, 0.15) is 25.3 Å². The molecular formula is C15H27N3O2. The molecule has 0 aromatic heterocycles. The fourth-order valence-electron chi connectivity index (χ4n) is 2.10. The summed E-state index contributed by atoms with van der Waals surface area (Å²) in [6, 6.07) is 9.68. The average Bonchev–Trinajstić information content (AvgIpc) is 2.43. The molecule has 0 aliphatic rings. The average molecular weight is 281 g/mol. The van der Waals surface area contributed by atoms with Crippen molar-refractivity contribution in [1.29, 1.82) is 0 Å². The molecule has 1 aromatic rings. The van der Waals surface area contributed by atoms with Crippen LogP contribution >= 0.6 is 0 Å². The zero-order chi connectivity index (χ0) is 14.8. The zero-order valence-electron chi connectivity index (χ0n) is 12.1. The Morgan fingerprint density at radius 1 is 1.15 bits per heavy atom. The minimum Gasteiger partial charge on any atom is -0.379 e. The molecule has 114 valence electrons. The number of unbranched alkanes of at least 4 members (excludes halogenated alkanes) is 1. The lowest BCUT2D eigenvalue weighted by atomic mass is 10.0. The minimum atomic E-state index is -0.706. The van der Waals surface area contributed by atoms with Crippen molar-refractivity contribution in [2.24, 2.45) is 5.73 Å². The van der Waals surface area contributed by atoms with Gasteiger partial charge in [0.25, 0.3) is 0 Å². The second-order valence-electron chi connectivity index (χ2n) is 5.03. The van der Waals surface area contributed by atoms with Crippen molar-refractivity contribution in [2.45, 2.75) is 44.7 Å². The van der Waals surface area contributed by atoms with Gasteiger partial charge < -0.3 is 15.9 Å². The van der Waals surface area contributed by atoms with Crippen molar-refractivity contribution < 1.29 is 10.2 Å². The molecule has 5 nitrogen and oxygen atoms in total. The Morgan fingerprint density at radius 3 is 2.45 bits per heavy atom. The summed E-state index contributed by atoms with van der Waals surface area (Å²) in [6.45, 7) is 3.03. The Morgan fingerprint density at radius 2 is 1.85 bits per heavy atom. The molecule has 0 radical (unpaired) electrons. The predicted octanol–water partition coefficient (Wildman–Crippen LogP) is 0.173. The van der Waals surface area contributed by atoms with E-state index >= 15 is 0 Å². The highest BCUT2D eigenvalue weighted by Gasteiger charge is 2.20. The summed E-state index contributed by atoms with van der Waals surface area (Å²) in [4.78, 5) is 0. The quantitative estimate of drug-likeness (QED) is 0.312. The summed E-state index contributed by atoms with van der Waals surface area (Å²) >= 11 is 0. The van der Waals surface area contributed by atoms with Gasteiger partial charge in [0, 0.05) is 0 Å². The third-order valence-corrected chi connectivity index (χ3v) is 3.12. The number of aliphatic hydroxyl groups is 2. The van der Waals surface area contributed by atoms with Gasteiger partial charge in [-0.15, -0.1) is 0 Å². The van der Waals surface area contributed by atoms with E-state index in [-0.39, 0.29) is 6.04 Å². The van der Waals surface area contributed by atoms with Crippen LogP contribution in [0.2, 0.25) is 0 Å². The van der Waals surface area contributed by atoms with Gasteiger partial charge in [0.2, 0.25) is 0 Å². The molecule has 3 atom stereocenters. The summed E-state index contributed by atoms with van der Waals surface area (Å²) in [5.74, 6) is 0. The van der Waals surface area contributed by atoms with Crippen molar-refractivity contribution in [3.8, 4) is 0 Å². The fourth-order valence-corrected chi connectivity index (χ4v) is 2.10. The molecular weight excluding hydrogens is 254 g/mol. The van der Waals surface area contributed by atoms with Crippen LogP contribution in [0.3, 0.4) is 0 Å². The molecule has 1 aromatic carbocycles. The standard InChI is InChI=1S/C15H27N3O2/c1-12(19)18-14(11-13-7-3-2-4-8-13)15(20)17-10-6-5-9-16/h2-4,7-8,12,14-15,17-20H,5-6,9-11,16H2,1H3/t12?,14-,15?/m0/s1. The van der Waals surface area contributed by atoms with Gasteiger partial charge in [-0.1, -0.05) is 30.3 Å². The topological polar surface area (TPSA) is 90.5 Å². The zero-order valence-corrected chi connectivity index (χ0v) is 12.1. The van der Waals surface area contributed by atoms with Crippen molar-refractivity contribution in [3.63, 3.8) is 0 Å². The fraction of sp³-hybridized carbons (Fsp3) is 0.600. The second kappa shape index (κ2) is 9.85. The molecule has 0 aliphatic heterocycles. The summed E-state index contributed by atoms with van der Waals surface area (Å²) in [5.41, 5.74) is 6.56. The van der Waals surface area contributed by atoms with E-state index in [9.17, 15) is 10.2 Å². The molecule has 0 aliphatic carbocycles. The summed E-state index contributed by atoms with van der Waals surface area (Å²) < 4.78 is 0. The minimum absolute atomic E-state index is 0.240. The molecule has 0 saturated heterocycles. The van der Waals surface area contributed by atoms with Gasteiger partial charge in [-0.3, -0.25) is 10.6 Å². The third kappa shape index (κ3) is 6.98. The van der Waals surface area contributed by atoms with Crippen molar-refractivity contribution in [1.82, 2.24) is 10.6 Å². The largest absolute Gasteiger partial charge is 0.379 e. The van der Waals surface area contributed by atoms with Gasteiger partial charge in [-0.2, -0.15) is 0 Å². The SMILES string of the molecule is CC(O)N[C@@H](Cc1ccccc1)C(O)NCCCCN. The van der Waals surface area contributed by atoms with Crippen LogP contribution in [0.15, 0.2) is 30.3 Å². The maximum atomic E-state index is 10.2. The molecule has 5 heteroatoms. The van der Waals surface area contributed by atoms with Crippen LogP contribution in [-0.4, -0.2) is 41.8 Å². The highest BCUT2D eigenvalue weighted by molar-refractivity contribution is 5.16. The third-order valence-electron chi connectivity index (χ3n) is 3.12. The van der Waals surface area contributed by atoms with Crippen LogP contribution in [0.4, 0.5) is 0 Å². The maximum absolute atomic E-state index is 10.2. The number of benzene rings is 1. The molecule has 0 heterocycles. The van der Waals surface area contributed by atoms with Crippen LogP contribution in [0, 0.1) is 0 Å². The van der Waals surface area contributed by atoms with Crippen LogP contribution < -0.4 is 16.4 Å². The van der Waals surface area contributed by atoms with E-state index in [1.807, 2.05) is 30.3 Å². The van der Waals surface area contributed by atoms with E-state index in [1.54, 1.807) is 6.92 Å². The molecule has 0 spiro atoms. The Kier molecular flexibility index (Phi) is 8.41. The van der Waals surface area contributed by atoms with Gasteiger partial charge in [0.05, 0.1) is 6.04 Å². The Balaban J connectivity index is 2.50. The molecule has 1 rings (SSSR count). The smallest absolute Gasteiger partial charge is 0.120 e. The highest BCUT2D eigenvalue weighted by atomic mass is 16.3.